The number of carbonyl (C=O) groups excluding carboxylic acids is 2. The Morgan fingerprint density at radius 1 is 0.657 bits per heavy atom. The van der Waals surface area contributed by atoms with Crippen LogP contribution in [0.2, 0.25) is 0 Å². The lowest BCUT2D eigenvalue weighted by molar-refractivity contribution is -0.131. The van der Waals surface area contributed by atoms with Crippen LogP contribution in [0, 0.1) is 0 Å². The van der Waals surface area contributed by atoms with E-state index in [9.17, 15) is 22.8 Å². The summed E-state index contributed by atoms with van der Waals surface area (Å²) in [4.78, 5) is 42.8. The quantitative estimate of drug-likeness (QED) is 0.165. The monoisotopic (exact) mass is 927 g/mol. The Morgan fingerprint density at radius 3 is 1.55 bits per heavy atom. The highest BCUT2D eigenvalue weighted by Gasteiger charge is 2.37. The predicted molar refractivity (Wildman–Crippen MR) is 259 cm³/mol. The highest BCUT2D eigenvalue weighted by Crippen LogP contribution is 2.46. The van der Waals surface area contributed by atoms with Gasteiger partial charge in [-0.2, -0.15) is 0 Å². The molecule has 2 atom stereocenters. The summed E-state index contributed by atoms with van der Waals surface area (Å²) in [7, 11) is 0. The Labute approximate surface area is 396 Å². The summed E-state index contributed by atoms with van der Waals surface area (Å²) >= 11 is 0. The number of carbonyl (C=O) groups is 2. The van der Waals surface area contributed by atoms with Gasteiger partial charge in [-0.1, -0.05) is 60.1 Å². The van der Waals surface area contributed by atoms with Crippen molar-refractivity contribution in [3.63, 3.8) is 0 Å². The SMILES string of the molecule is CC.CC(=O)N1CCn2c(C3CCC3)nc(N3CCCc4cc(C(C)C)c(C(F)F)cc43)c2C1.CCC(C)c1cc2c(cc1C(C)F)N(c1nc(C3COC3)n3c1CN(C(C)=O)CC3)CCC2. The van der Waals surface area contributed by atoms with Crippen LogP contribution in [0.5, 0.6) is 0 Å². The summed E-state index contributed by atoms with van der Waals surface area (Å²) in [5, 5.41) is 0. The minimum atomic E-state index is -2.50. The van der Waals surface area contributed by atoms with E-state index in [0.29, 0.717) is 57.1 Å². The largest absolute Gasteiger partial charge is 0.380 e. The fraction of sp³-hybridized carbons (Fsp3) is 0.623. The molecule has 11 nitrogen and oxygen atoms in total. The van der Waals surface area contributed by atoms with Crippen molar-refractivity contribution in [1.29, 1.82) is 0 Å². The van der Waals surface area contributed by atoms with Gasteiger partial charge >= 0.3 is 0 Å². The molecule has 2 unspecified atom stereocenters. The molecule has 6 aliphatic rings. The zero-order valence-corrected chi connectivity index (χ0v) is 41.4. The van der Waals surface area contributed by atoms with Gasteiger partial charge in [0.2, 0.25) is 11.8 Å². The van der Waals surface area contributed by atoms with Gasteiger partial charge in [-0.3, -0.25) is 9.59 Å². The molecule has 1 saturated heterocycles. The number of rotatable bonds is 9. The summed E-state index contributed by atoms with van der Waals surface area (Å²) < 4.78 is 52.8. The van der Waals surface area contributed by atoms with Gasteiger partial charge in [0, 0.05) is 76.0 Å². The molecule has 364 valence electrons. The molecule has 2 aromatic carbocycles. The Balaban J connectivity index is 0.000000175. The predicted octanol–water partition coefficient (Wildman–Crippen LogP) is 11.7. The van der Waals surface area contributed by atoms with Crippen LogP contribution in [-0.4, -0.2) is 80.1 Å². The number of benzene rings is 2. The molecule has 2 aromatic heterocycles. The first-order valence-electron chi connectivity index (χ1n) is 25.3. The van der Waals surface area contributed by atoms with Crippen molar-refractivity contribution in [3.8, 4) is 0 Å². The molecule has 0 N–H and O–H groups in total. The number of halogens is 3. The van der Waals surface area contributed by atoms with Gasteiger partial charge in [-0.05, 0) is 104 Å². The molecule has 7 heterocycles. The van der Waals surface area contributed by atoms with Gasteiger partial charge < -0.3 is 33.5 Å². The summed E-state index contributed by atoms with van der Waals surface area (Å²) in [6.07, 6.45) is 4.86. The fourth-order valence-corrected chi connectivity index (χ4v) is 10.9. The zero-order chi connectivity index (χ0) is 47.8. The normalized spacial score (nSPS) is 19.0. The maximum Gasteiger partial charge on any atom is 0.264 e. The molecule has 1 aliphatic carbocycles. The number of hydrogen-bond donors (Lipinski definition) is 0. The lowest BCUT2D eigenvalue weighted by Gasteiger charge is -2.34. The van der Waals surface area contributed by atoms with Crippen LogP contribution in [-0.2, 0) is 53.3 Å². The van der Waals surface area contributed by atoms with Crippen LogP contribution >= 0.6 is 0 Å². The molecular formula is C53H73F3N8O3. The van der Waals surface area contributed by atoms with E-state index in [4.69, 9.17) is 14.7 Å². The zero-order valence-electron chi connectivity index (χ0n) is 41.4. The van der Waals surface area contributed by atoms with Gasteiger partial charge in [0.05, 0.1) is 43.6 Å². The highest BCUT2D eigenvalue weighted by molar-refractivity contribution is 5.76. The van der Waals surface area contributed by atoms with E-state index in [2.05, 4.69) is 44.9 Å². The van der Waals surface area contributed by atoms with Crippen LogP contribution < -0.4 is 9.80 Å². The number of alkyl halides is 3. The van der Waals surface area contributed by atoms with E-state index in [1.54, 1.807) is 26.8 Å². The van der Waals surface area contributed by atoms with E-state index < -0.39 is 12.6 Å². The molecule has 0 bridgehead atoms. The van der Waals surface area contributed by atoms with E-state index >= 15 is 0 Å². The number of amides is 2. The third-order valence-corrected chi connectivity index (χ3v) is 15.1. The Bertz CT molecular complexity index is 2430. The summed E-state index contributed by atoms with van der Waals surface area (Å²) in [6.45, 7) is 24.2. The van der Waals surface area contributed by atoms with Gasteiger partial charge in [-0.15, -0.1) is 0 Å². The number of anilines is 4. The summed E-state index contributed by atoms with van der Waals surface area (Å²) in [6, 6.07) is 8.01. The third kappa shape index (κ3) is 9.36. The average Bonchev–Trinajstić information content (AvgIpc) is 3.84. The first-order chi connectivity index (χ1) is 32.2. The number of nitrogens with zero attached hydrogens (tertiary/aromatic N) is 8. The minimum absolute atomic E-state index is 0.0504. The standard InChI is InChI=1S/C26H35FN4O2.C25H32F2N4O.C2H6/c1-5-16(2)21-11-19-7-6-8-30(23(19)12-22(21)17(3)27)26-24-13-29(18(4)32)9-10-31(24)25(28-26)20-14-33-15-20;1-15(2)19-12-18-8-5-9-30(21(18)13-20(19)23(26)27)25-22-14-29(16(3)32)10-11-31(22)24(28-25)17-6-4-7-17;1-2/h11-12,16-17,20H,5-10,13-15H2,1-4H3;12-13,15,17,23H,4-11,14H2,1-3H3;1-2H3. The molecular weight excluding hydrogens is 854 g/mol. The van der Waals surface area contributed by atoms with Gasteiger partial charge in [0.25, 0.3) is 6.43 Å². The number of fused-ring (bicyclic) bond motifs is 4. The second kappa shape index (κ2) is 20.4. The van der Waals surface area contributed by atoms with Crippen LogP contribution in [0.1, 0.15) is 194 Å². The van der Waals surface area contributed by atoms with Crippen molar-refractivity contribution < 1.29 is 27.5 Å². The second-order valence-corrected chi connectivity index (χ2v) is 19.6. The first-order valence-corrected chi connectivity index (χ1v) is 25.3. The van der Waals surface area contributed by atoms with E-state index in [-0.39, 0.29) is 23.3 Å². The highest BCUT2D eigenvalue weighted by atomic mass is 19.3. The van der Waals surface area contributed by atoms with E-state index in [1.165, 1.54) is 12.0 Å². The first kappa shape index (κ1) is 48.6. The molecule has 0 spiro atoms. The Hall–Kier alpha value is -4.85. The minimum Gasteiger partial charge on any atom is -0.380 e. The summed E-state index contributed by atoms with van der Waals surface area (Å²) in [5.74, 6) is 5.27. The number of aryl methyl sites for hydroxylation is 2. The van der Waals surface area contributed by atoms with Crippen molar-refractivity contribution in [1.82, 2.24) is 28.9 Å². The number of aromatic nitrogens is 4. The van der Waals surface area contributed by atoms with Crippen molar-refractivity contribution in [2.45, 2.75) is 176 Å². The smallest absolute Gasteiger partial charge is 0.264 e. The van der Waals surface area contributed by atoms with Gasteiger partial charge in [0.1, 0.15) is 17.8 Å². The fourth-order valence-electron chi connectivity index (χ4n) is 10.9. The molecule has 2 amide bonds. The Morgan fingerprint density at radius 2 is 1.15 bits per heavy atom. The van der Waals surface area contributed by atoms with Crippen molar-refractivity contribution in [2.24, 2.45) is 0 Å². The topological polar surface area (TPSA) is 92.0 Å². The molecule has 5 aliphatic heterocycles. The molecule has 14 heteroatoms. The van der Waals surface area contributed by atoms with Crippen LogP contribution in [0.25, 0.3) is 0 Å². The van der Waals surface area contributed by atoms with Crippen molar-refractivity contribution in [2.75, 3.05) is 49.2 Å². The van der Waals surface area contributed by atoms with Crippen LogP contribution in [0.15, 0.2) is 24.3 Å². The number of ether oxygens (including phenoxy) is 1. The van der Waals surface area contributed by atoms with E-state index in [1.807, 2.05) is 43.6 Å². The second-order valence-electron chi connectivity index (χ2n) is 19.6. The van der Waals surface area contributed by atoms with Crippen LogP contribution in [0.3, 0.4) is 0 Å². The maximum absolute atomic E-state index is 14.8. The average molecular weight is 927 g/mol. The van der Waals surface area contributed by atoms with Gasteiger partial charge in [-0.25, -0.2) is 23.1 Å². The number of hydrogen-bond acceptors (Lipinski definition) is 7. The van der Waals surface area contributed by atoms with Gasteiger partial charge in [0.15, 0.2) is 11.6 Å². The van der Waals surface area contributed by atoms with E-state index in [0.717, 1.165) is 139 Å². The molecule has 10 rings (SSSR count). The lowest BCUT2D eigenvalue weighted by Crippen LogP contribution is -2.39. The third-order valence-electron chi connectivity index (χ3n) is 15.1. The molecule has 4 aromatic rings. The summed E-state index contributed by atoms with van der Waals surface area (Å²) in [5.41, 5.74) is 9.26. The van der Waals surface area contributed by atoms with Crippen molar-refractivity contribution >= 4 is 34.8 Å². The van der Waals surface area contributed by atoms with Crippen LogP contribution in [0.4, 0.5) is 36.2 Å². The lowest BCUT2D eigenvalue weighted by atomic mass is 9.85. The molecule has 0 radical (unpaired) electrons. The molecule has 2 fully saturated rings. The Kier molecular flexibility index (Phi) is 14.8. The van der Waals surface area contributed by atoms with Crippen molar-refractivity contribution in [3.05, 3.63) is 80.7 Å². The molecule has 1 saturated carbocycles. The maximum atomic E-state index is 14.8. The number of imidazole rings is 2. The molecule has 67 heavy (non-hydrogen) atoms.